The van der Waals surface area contributed by atoms with E-state index >= 15 is 0 Å². The third-order valence-corrected chi connectivity index (χ3v) is 4.63. The molecular formula is C18H23FN4O. The van der Waals surface area contributed by atoms with Gasteiger partial charge in [-0.25, -0.2) is 9.07 Å². The van der Waals surface area contributed by atoms with Crippen molar-refractivity contribution in [2.45, 2.75) is 45.6 Å². The molecule has 2 atom stereocenters. The quantitative estimate of drug-likeness (QED) is 0.905. The van der Waals surface area contributed by atoms with Crippen molar-refractivity contribution in [2.75, 3.05) is 5.32 Å². The standard InChI is InChI=1S/C18H23FN4O/c1-11-8-12(2)23(22-11)17-7-6-14(10-15(17)19)21-18(24)9-13-4-3-5-16(13)20/h6-8,10,13,16H,3-5,9,20H2,1-2H3,(H,21,24)/t13-,16+/m0/s1. The van der Waals surface area contributed by atoms with Crippen molar-refractivity contribution in [2.24, 2.45) is 11.7 Å². The number of hydrogen-bond acceptors (Lipinski definition) is 3. The van der Waals surface area contributed by atoms with E-state index in [2.05, 4.69) is 10.4 Å². The van der Waals surface area contributed by atoms with Crippen molar-refractivity contribution in [3.05, 3.63) is 41.5 Å². The summed E-state index contributed by atoms with van der Waals surface area (Å²) in [7, 11) is 0. The summed E-state index contributed by atoms with van der Waals surface area (Å²) in [4.78, 5) is 12.1. The second kappa shape index (κ2) is 6.73. The molecular weight excluding hydrogens is 307 g/mol. The average molecular weight is 330 g/mol. The maximum Gasteiger partial charge on any atom is 0.224 e. The molecule has 0 radical (unpaired) electrons. The first-order valence-corrected chi connectivity index (χ1v) is 8.32. The molecule has 1 aromatic heterocycles. The monoisotopic (exact) mass is 330 g/mol. The predicted octanol–water partition coefficient (Wildman–Crippen LogP) is 3.08. The van der Waals surface area contributed by atoms with Crippen molar-refractivity contribution < 1.29 is 9.18 Å². The maximum absolute atomic E-state index is 14.4. The summed E-state index contributed by atoms with van der Waals surface area (Å²) in [5.74, 6) is -0.309. The number of rotatable bonds is 4. The number of aromatic nitrogens is 2. The van der Waals surface area contributed by atoms with Crippen molar-refractivity contribution >= 4 is 11.6 Å². The molecule has 1 fully saturated rings. The third-order valence-electron chi connectivity index (χ3n) is 4.63. The van der Waals surface area contributed by atoms with Crippen LogP contribution in [-0.2, 0) is 4.79 Å². The smallest absolute Gasteiger partial charge is 0.224 e. The van der Waals surface area contributed by atoms with Gasteiger partial charge in [0.15, 0.2) is 5.82 Å². The largest absolute Gasteiger partial charge is 0.327 e. The molecule has 128 valence electrons. The zero-order valence-corrected chi connectivity index (χ0v) is 14.1. The minimum atomic E-state index is -0.420. The zero-order valence-electron chi connectivity index (χ0n) is 14.1. The molecule has 0 aliphatic heterocycles. The van der Waals surface area contributed by atoms with Crippen molar-refractivity contribution in [3.8, 4) is 5.69 Å². The van der Waals surface area contributed by atoms with Crippen LogP contribution in [0.15, 0.2) is 24.3 Å². The van der Waals surface area contributed by atoms with Crippen molar-refractivity contribution in [1.82, 2.24) is 9.78 Å². The van der Waals surface area contributed by atoms with Crippen LogP contribution in [0.4, 0.5) is 10.1 Å². The lowest BCUT2D eigenvalue weighted by molar-refractivity contribution is -0.117. The molecule has 0 unspecified atom stereocenters. The van der Waals surface area contributed by atoms with Gasteiger partial charge in [0.05, 0.1) is 5.69 Å². The maximum atomic E-state index is 14.4. The van der Waals surface area contributed by atoms with Crippen LogP contribution in [0.5, 0.6) is 0 Å². The number of amides is 1. The highest BCUT2D eigenvalue weighted by molar-refractivity contribution is 5.91. The Morgan fingerprint density at radius 1 is 1.38 bits per heavy atom. The number of aryl methyl sites for hydroxylation is 2. The number of nitrogens with zero attached hydrogens (tertiary/aromatic N) is 2. The molecule has 0 bridgehead atoms. The molecule has 5 nitrogen and oxygen atoms in total. The van der Waals surface area contributed by atoms with Gasteiger partial charge in [-0.15, -0.1) is 0 Å². The second-order valence-electron chi connectivity index (χ2n) is 6.61. The van der Waals surface area contributed by atoms with Gasteiger partial charge in [0.2, 0.25) is 5.91 Å². The van der Waals surface area contributed by atoms with Gasteiger partial charge in [0.25, 0.3) is 0 Å². The van der Waals surface area contributed by atoms with Crippen LogP contribution in [0, 0.1) is 25.6 Å². The Hall–Kier alpha value is -2.21. The molecule has 2 aromatic rings. The minimum absolute atomic E-state index is 0.0980. The number of anilines is 1. The first kappa shape index (κ1) is 16.6. The second-order valence-corrected chi connectivity index (χ2v) is 6.61. The predicted molar refractivity (Wildman–Crippen MR) is 91.6 cm³/mol. The first-order valence-electron chi connectivity index (χ1n) is 8.32. The minimum Gasteiger partial charge on any atom is -0.327 e. The van der Waals surface area contributed by atoms with Crippen molar-refractivity contribution in [1.29, 1.82) is 0 Å². The van der Waals surface area contributed by atoms with Gasteiger partial charge >= 0.3 is 0 Å². The highest BCUT2D eigenvalue weighted by Gasteiger charge is 2.26. The van der Waals surface area contributed by atoms with Crippen LogP contribution in [0.3, 0.4) is 0 Å². The highest BCUT2D eigenvalue weighted by Crippen LogP contribution is 2.27. The van der Waals surface area contributed by atoms with Gasteiger partial charge in [0, 0.05) is 23.8 Å². The number of hydrogen-bond donors (Lipinski definition) is 2. The zero-order chi connectivity index (χ0) is 17.3. The van der Waals surface area contributed by atoms with Crippen LogP contribution in [0.25, 0.3) is 5.69 Å². The average Bonchev–Trinajstić information content (AvgIpc) is 3.05. The Labute approximate surface area is 141 Å². The molecule has 1 saturated carbocycles. The number of benzene rings is 1. The molecule has 1 heterocycles. The van der Waals surface area contributed by atoms with E-state index in [0.717, 1.165) is 30.7 Å². The third kappa shape index (κ3) is 3.48. The first-order chi connectivity index (χ1) is 11.4. The van der Waals surface area contributed by atoms with Gasteiger partial charge < -0.3 is 11.1 Å². The van der Waals surface area contributed by atoms with E-state index in [1.165, 1.54) is 6.07 Å². The summed E-state index contributed by atoms with van der Waals surface area (Å²) in [6.45, 7) is 3.74. The molecule has 1 aliphatic carbocycles. The summed E-state index contributed by atoms with van der Waals surface area (Å²) in [6.07, 6.45) is 3.43. The summed E-state index contributed by atoms with van der Waals surface area (Å²) >= 11 is 0. The molecule has 1 amide bonds. The van der Waals surface area contributed by atoms with Crippen LogP contribution in [0.1, 0.15) is 37.1 Å². The summed E-state index contributed by atoms with van der Waals surface area (Å²) in [6, 6.07) is 6.64. The molecule has 3 N–H and O–H groups in total. The Morgan fingerprint density at radius 3 is 2.75 bits per heavy atom. The van der Waals surface area contributed by atoms with Crippen molar-refractivity contribution in [3.63, 3.8) is 0 Å². The molecule has 6 heteroatoms. The number of nitrogens with two attached hydrogens (primary N) is 1. The summed E-state index contributed by atoms with van der Waals surface area (Å²) in [5.41, 5.74) is 8.51. The Balaban J connectivity index is 1.70. The molecule has 24 heavy (non-hydrogen) atoms. The van der Waals surface area contributed by atoms with E-state index in [1.54, 1.807) is 16.8 Å². The highest BCUT2D eigenvalue weighted by atomic mass is 19.1. The Kier molecular flexibility index (Phi) is 4.66. The molecule has 3 rings (SSSR count). The lowest BCUT2D eigenvalue weighted by atomic mass is 10.00. The van der Waals surface area contributed by atoms with Gasteiger partial charge in [-0.2, -0.15) is 5.10 Å². The molecule has 0 saturated heterocycles. The molecule has 0 spiro atoms. The fraction of sp³-hybridized carbons (Fsp3) is 0.444. The lowest BCUT2D eigenvalue weighted by Crippen LogP contribution is -2.28. The van der Waals surface area contributed by atoms with Crippen LogP contribution in [-0.4, -0.2) is 21.7 Å². The normalized spacial score (nSPS) is 20.3. The SMILES string of the molecule is Cc1cc(C)n(-c2ccc(NC(=O)C[C@@H]3CCC[C@H]3N)cc2F)n1. The fourth-order valence-electron chi connectivity index (χ4n) is 3.40. The van der Waals surface area contributed by atoms with Crippen LogP contribution < -0.4 is 11.1 Å². The number of nitrogens with one attached hydrogen (secondary N) is 1. The van der Waals surface area contributed by atoms with Gasteiger partial charge in [-0.3, -0.25) is 4.79 Å². The Bertz CT molecular complexity index is 755. The van der Waals surface area contributed by atoms with E-state index < -0.39 is 5.82 Å². The number of carbonyl (C=O) groups excluding carboxylic acids is 1. The summed E-state index contributed by atoms with van der Waals surface area (Å²) < 4.78 is 16.0. The van der Waals surface area contributed by atoms with E-state index in [0.29, 0.717) is 17.8 Å². The molecule has 1 aliphatic rings. The van der Waals surface area contributed by atoms with Gasteiger partial charge in [-0.1, -0.05) is 6.42 Å². The van der Waals surface area contributed by atoms with E-state index in [-0.39, 0.29) is 17.9 Å². The van der Waals surface area contributed by atoms with E-state index in [1.807, 2.05) is 19.9 Å². The fourth-order valence-corrected chi connectivity index (χ4v) is 3.40. The Morgan fingerprint density at radius 2 is 2.17 bits per heavy atom. The van der Waals surface area contributed by atoms with E-state index in [9.17, 15) is 9.18 Å². The van der Waals surface area contributed by atoms with Gasteiger partial charge in [-0.05, 0) is 56.9 Å². The van der Waals surface area contributed by atoms with E-state index in [4.69, 9.17) is 5.73 Å². The van der Waals surface area contributed by atoms with Gasteiger partial charge in [0.1, 0.15) is 5.69 Å². The van der Waals surface area contributed by atoms with Crippen LogP contribution >= 0.6 is 0 Å². The number of halogens is 1. The number of carbonyl (C=O) groups is 1. The van der Waals surface area contributed by atoms with Crippen LogP contribution in [0.2, 0.25) is 0 Å². The lowest BCUT2D eigenvalue weighted by Gasteiger charge is -2.15. The summed E-state index contributed by atoms with van der Waals surface area (Å²) in [5, 5.41) is 7.05. The molecule has 1 aromatic carbocycles. The topological polar surface area (TPSA) is 72.9 Å².